The van der Waals surface area contributed by atoms with E-state index in [0.29, 0.717) is 5.92 Å². The van der Waals surface area contributed by atoms with Gasteiger partial charge >= 0.3 is 5.69 Å². The molecule has 2 atom stereocenters. The lowest BCUT2D eigenvalue weighted by Crippen LogP contribution is -2.35. The number of rotatable bonds is 2. The summed E-state index contributed by atoms with van der Waals surface area (Å²) in [5.74, 6) is 1.30. The molecule has 1 aliphatic rings. The van der Waals surface area contributed by atoms with Gasteiger partial charge in [-0.15, -0.1) is 12.4 Å². The van der Waals surface area contributed by atoms with Crippen LogP contribution in [0.5, 0.6) is 0 Å². The first-order chi connectivity index (χ1) is 7.18. The maximum atomic E-state index is 11.2. The van der Waals surface area contributed by atoms with Crippen molar-refractivity contribution in [1.82, 2.24) is 14.8 Å². The number of nitrogens with one attached hydrogen (secondary N) is 1. The summed E-state index contributed by atoms with van der Waals surface area (Å²) in [7, 11) is 1.75. The Kier molecular flexibility index (Phi) is 4.56. The molecule has 1 saturated carbocycles. The van der Waals surface area contributed by atoms with Crippen molar-refractivity contribution in [2.75, 3.05) is 0 Å². The molecule has 92 valence electrons. The van der Waals surface area contributed by atoms with Gasteiger partial charge in [0.15, 0.2) is 0 Å². The van der Waals surface area contributed by atoms with Crippen molar-refractivity contribution in [3.8, 4) is 0 Å². The molecule has 0 amide bonds. The summed E-state index contributed by atoms with van der Waals surface area (Å²) >= 11 is 0. The van der Waals surface area contributed by atoms with Gasteiger partial charge in [-0.05, 0) is 18.8 Å². The quantitative estimate of drug-likeness (QED) is 0.802. The first kappa shape index (κ1) is 13.3. The first-order valence-corrected chi connectivity index (χ1v) is 5.54. The molecule has 1 aliphatic carbocycles. The molecule has 2 rings (SSSR count). The Morgan fingerprint density at radius 2 is 2.19 bits per heavy atom. The van der Waals surface area contributed by atoms with Crippen molar-refractivity contribution in [3.05, 3.63) is 16.3 Å². The fraction of sp³-hybridized carbons (Fsp3) is 0.800. The van der Waals surface area contributed by atoms with Crippen LogP contribution in [0.2, 0.25) is 0 Å². The highest BCUT2D eigenvalue weighted by Crippen LogP contribution is 2.25. The van der Waals surface area contributed by atoms with E-state index in [1.807, 2.05) is 0 Å². The monoisotopic (exact) mass is 246 g/mol. The number of nitrogens with two attached hydrogens (primary N) is 1. The number of aromatic nitrogens is 3. The zero-order valence-electron chi connectivity index (χ0n) is 9.48. The number of nitrogens with zero attached hydrogens (tertiary/aromatic N) is 2. The number of H-pyrrole nitrogens is 1. The molecule has 3 N–H and O–H groups in total. The van der Waals surface area contributed by atoms with Gasteiger partial charge < -0.3 is 5.73 Å². The highest BCUT2D eigenvalue weighted by molar-refractivity contribution is 5.85. The Labute approximate surface area is 101 Å². The molecular formula is C10H19ClN4O. The minimum atomic E-state index is -0.144. The van der Waals surface area contributed by atoms with Crippen LogP contribution in [0.4, 0.5) is 0 Å². The average Bonchev–Trinajstić information content (AvgIpc) is 2.53. The van der Waals surface area contributed by atoms with Crippen LogP contribution in [-0.2, 0) is 13.5 Å². The molecule has 0 spiro atoms. The van der Waals surface area contributed by atoms with Gasteiger partial charge in [0, 0.05) is 19.5 Å². The summed E-state index contributed by atoms with van der Waals surface area (Å²) in [6.07, 6.45) is 5.55. The first-order valence-electron chi connectivity index (χ1n) is 5.54. The van der Waals surface area contributed by atoms with E-state index in [2.05, 4.69) is 10.2 Å². The third-order valence-electron chi connectivity index (χ3n) is 3.39. The molecule has 0 aliphatic heterocycles. The average molecular weight is 247 g/mol. The van der Waals surface area contributed by atoms with Gasteiger partial charge in [0.25, 0.3) is 0 Å². The van der Waals surface area contributed by atoms with E-state index in [0.717, 1.165) is 25.1 Å². The van der Waals surface area contributed by atoms with Crippen molar-refractivity contribution in [1.29, 1.82) is 0 Å². The smallest absolute Gasteiger partial charge is 0.327 e. The minimum Gasteiger partial charge on any atom is -0.327 e. The molecule has 16 heavy (non-hydrogen) atoms. The van der Waals surface area contributed by atoms with Gasteiger partial charge in [-0.2, -0.15) is 5.10 Å². The van der Waals surface area contributed by atoms with Gasteiger partial charge in [-0.3, -0.25) is 4.57 Å². The standard InChI is InChI=1S/C10H18N4O.ClH/c1-14-9(12-13-10(14)15)6-7-4-2-3-5-8(7)11;/h7-8H,2-6,11H2,1H3,(H,13,15);1H. The van der Waals surface area contributed by atoms with Crippen molar-refractivity contribution in [2.24, 2.45) is 18.7 Å². The Balaban J connectivity index is 0.00000128. The van der Waals surface area contributed by atoms with Crippen LogP contribution in [0.15, 0.2) is 4.79 Å². The molecule has 6 heteroatoms. The maximum Gasteiger partial charge on any atom is 0.343 e. The summed E-state index contributed by atoms with van der Waals surface area (Å²) < 4.78 is 1.57. The van der Waals surface area contributed by atoms with Crippen LogP contribution in [0.25, 0.3) is 0 Å². The molecule has 5 nitrogen and oxygen atoms in total. The zero-order valence-corrected chi connectivity index (χ0v) is 10.3. The molecule has 0 bridgehead atoms. The summed E-state index contributed by atoms with van der Waals surface area (Å²) in [6.45, 7) is 0. The molecule has 0 radical (unpaired) electrons. The number of aromatic amines is 1. The molecule has 1 aromatic heterocycles. The minimum absolute atomic E-state index is 0. The summed E-state index contributed by atoms with van der Waals surface area (Å²) in [5, 5.41) is 6.47. The van der Waals surface area contributed by atoms with Crippen LogP contribution >= 0.6 is 12.4 Å². The van der Waals surface area contributed by atoms with Crippen molar-refractivity contribution in [2.45, 2.75) is 38.1 Å². The van der Waals surface area contributed by atoms with E-state index >= 15 is 0 Å². The molecule has 1 fully saturated rings. The van der Waals surface area contributed by atoms with E-state index in [4.69, 9.17) is 5.73 Å². The Morgan fingerprint density at radius 1 is 1.50 bits per heavy atom. The molecule has 1 aromatic rings. The molecular weight excluding hydrogens is 228 g/mol. The molecule has 0 saturated heterocycles. The van der Waals surface area contributed by atoms with Crippen molar-refractivity contribution >= 4 is 12.4 Å². The van der Waals surface area contributed by atoms with Crippen molar-refractivity contribution < 1.29 is 0 Å². The van der Waals surface area contributed by atoms with Crippen LogP contribution in [0, 0.1) is 5.92 Å². The largest absolute Gasteiger partial charge is 0.343 e. The van der Waals surface area contributed by atoms with Crippen molar-refractivity contribution in [3.63, 3.8) is 0 Å². The summed E-state index contributed by atoms with van der Waals surface area (Å²) in [5.41, 5.74) is 5.91. The van der Waals surface area contributed by atoms with Crippen LogP contribution < -0.4 is 11.4 Å². The van der Waals surface area contributed by atoms with E-state index < -0.39 is 0 Å². The van der Waals surface area contributed by atoms with Gasteiger partial charge in [0.1, 0.15) is 5.82 Å². The number of halogens is 1. The van der Waals surface area contributed by atoms with E-state index in [-0.39, 0.29) is 24.1 Å². The summed E-state index contributed by atoms with van der Waals surface area (Å²) in [4.78, 5) is 11.2. The highest BCUT2D eigenvalue weighted by atomic mass is 35.5. The van der Waals surface area contributed by atoms with Crippen LogP contribution in [-0.4, -0.2) is 20.8 Å². The maximum absolute atomic E-state index is 11.2. The van der Waals surface area contributed by atoms with Crippen LogP contribution in [0.3, 0.4) is 0 Å². The highest BCUT2D eigenvalue weighted by Gasteiger charge is 2.23. The number of hydrogen-bond donors (Lipinski definition) is 2. The fourth-order valence-corrected chi connectivity index (χ4v) is 2.29. The lowest BCUT2D eigenvalue weighted by Gasteiger charge is -2.27. The van der Waals surface area contributed by atoms with Crippen LogP contribution in [0.1, 0.15) is 31.5 Å². The third-order valence-corrected chi connectivity index (χ3v) is 3.39. The van der Waals surface area contributed by atoms with E-state index in [9.17, 15) is 4.79 Å². The predicted octanol–water partition coefficient (Wildman–Crippen LogP) is 0.590. The Hall–Kier alpha value is -0.810. The van der Waals surface area contributed by atoms with Gasteiger partial charge in [0.05, 0.1) is 0 Å². The summed E-state index contributed by atoms with van der Waals surface area (Å²) in [6, 6.07) is 0.269. The second-order valence-electron chi connectivity index (χ2n) is 4.42. The molecule has 0 aromatic carbocycles. The normalized spacial score (nSPS) is 25.1. The van der Waals surface area contributed by atoms with Gasteiger partial charge in [-0.25, -0.2) is 9.89 Å². The molecule has 2 unspecified atom stereocenters. The van der Waals surface area contributed by atoms with Gasteiger partial charge in [0.2, 0.25) is 0 Å². The Bertz CT molecular complexity index is 386. The lowest BCUT2D eigenvalue weighted by molar-refractivity contribution is 0.300. The topological polar surface area (TPSA) is 76.7 Å². The second kappa shape index (κ2) is 5.50. The SMILES string of the molecule is Cl.Cn1c(CC2CCCCC2N)n[nH]c1=O. The third kappa shape index (κ3) is 2.65. The molecule has 1 heterocycles. The van der Waals surface area contributed by atoms with E-state index in [1.54, 1.807) is 11.6 Å². The van der Waals surface area contributed by atoms with E-state index in [1.165, 1.54) is 12.8 Å². The lowest BCUT2D eigenvalue weighted by atomic mass is 9.83. The zero-order chi connectivity index (χ0) is 10.8. The second-order valence-corrected chi connectivity index (χ2v) is 4.42. The van der Waals surface area contributed by atoms with Gasteiger partial charge in [-0.1, -0.05) is 12.8 Å². The number of hydrogen-bond acceptors (Lipinski definition) is 3. The predicted molar refractivity (Wildman–Crippen MR) is 64.7 cm³/mol. The Morgan fingerprint density at radius 3 is 2.75 bits per heavy atom. The fourth-order valence-electron chi connectivity index (χ4n) is 2.29.